The molecule has 1 aliphatic carbocycles. The van der Waals surface area contributed by atoms with Gasteiger partial charge in [0.05, 0.1) is 0 Å². The summed E-state index contributed by atoms with van der Waals surface area (Å²) in [5.41, 5.74) is 0.919. The molecule has 0 unspecified atom stereocenters. The minimum atomic E-state index is -1.86. The Labute approximate surface area is 118 Å². The molecule has 0 spiro atoms. The smallest absolute Gasteiger partial charge is 0.206 e. The first-order valence-electron chi connectivity index (χ1n) is 7.42. The van der Waals surface area contributed by atoms with Crippen LogP contribution in [0.4, 0.5) is 13.2 Å². The Bertz CT molecular complexity index is 467. The van der Waals surface area contributed by atoms with E-state index in [9.17, 15) is 13.2 Å². The molecule has 1 saturated carbocycles. The van der Waals surface area contributed by atoms with Crippen molar-refractivity contribution in [3.05, 3.63) is 41.2 Å². The molecular weight excluding hydrogens is 261 g/mol. The lowest BCUT2D eigenvalue weighted by Gasteiger charge is -2.28. The lowest BCUT2D eigenvalue weighted by Crippen LogP contribution is -2.13. The van der Waals surface area contributed by atoms with E-state index in [-0.39, 0.29) is 5.56 Å². The summed E-state index contributed by atoms with van der Waals surface area (Å²) in [5.74, 6) is 0.640. The second kappa shape index (κ2) is 6.96. The first kappa shape index (κ1) is 15.1. The molecular formula is C17H21F3. The third-order valence-electron chi connectivity index (χ3n) is 4.30. The molecule has 0 heterocycles. The lowest BCUT2D eigenvalue weighted by molar-refractivity contribution is 0.308. The van der Waals surface area contributed by atoms with Gasteiger partial charge in [-0.15, -0.1) is 0 Å². The highest BCUT2D eigenvalue weighted by molar-refractivity contribution is 5.51. The molecule has 0 saturated heterocycles. The fraction of sp³-hybridized carbons (Fsp3) is 0.529. The van der Waals surface area contributed by atoms with E-state index in [1.807, 2.05) is 0 Å². The van der Waals surface area contributed by atoms with Gasteiger partial charge in [-0.25, -0.2) is 4.39 Å². The van der Waals surface area contributed by atoms with E-state index in [0.29, 0.717) is 12.0 Å². The van der Waals surface area contributed by atoms with Crippen LogP contribution in [0.3, 0.4) is 0 Å². The van der Waals surface area contributed by atoms with E-state index in [2.05, 4.69) is 6.92 Å². The van der Waals surface area contributed by atoms with Gasteiger partial charge in [-0.1, -0.05) is 31.9 Å². The molecule has 0 radical (unpaired) electrons. The van der Waals surface area contributed by atoms with Crippen LogP contribution < -0.4 is 0 Å². The van der Waals surface area contributed by atoms with Crippen molar-refractivity contribution in [2.24, 2.45) is 5.92 Å². The molecule has 0 nitrogen and oxygen atoms in total. The van der Waals surface area contributed by atoms with Gasteiger partial charge in [0.1, 0.15) is 5.82 Å². The van der Waals surface area contributed by atoms with Crippen LogP contribution in [0.5, 0.6) is 0 Å². The Kier molecular flexibility index (Phi) is 5.27. The summed E-state index contributed by atoms with van der Waals surface area (Å²) in [6.45, 7) is 2.21. The van der Waals surface area contributed by atoms with Crippen LogP contribution in [-0.2, 0) is 0 Å². The largest absolute Gasteiger partial charge is 0.271 e. The molecule has 3 heteroatoms. The summed E-state index contributed by atoms with van der Waals surface area (Å²) in [6, 6.07) is 4.68. The topological polar surface area (TPSA) is 0 Å². The number of halogens is 3. The highest BCUT2D eigenvalue weighted by Gasteiger charge is 2.22. The molecule has 1 aromatic carbocycles. The van der Waals surface area contributed by atoms with Crippen LogP contribution >= 0.6 is 0 Å². The molecule has 0 N–H and O–H groups in total. The molecule has 0 atom stereocenters. The Hall–Kier alpha value is -1.25. The molecule has 1 aromatic rings. The number of hydrogen-bond acceptors (Lipinski definition) is 0. The first-order valence-corrected chi connectivity index (χ1v) is 7.42. The normalized spacial score (nSPS) is 22.6. The molecule has 0 aliphatic heterocycles. The van der Waals surface area contributed by atoms with Crippen LogP contribution in [0.2, 0.25) is 0 Å². The quantitative estimate of drug-likeness (QED) is 0.622. The molecule has 1 fully saturated rings. The van der Waals surface area contributed by atoms with E-state index in [1.165, 1.54) is 37.8 Å². The maximum Gasteiger partial charge on any atom is 0.271 e. The van der Waals surface area contributed by atoms with Crippen LogP contribution in [0.1, 0.15) is 62.5 Å². The Morgan fingerprint density at radius 3 is 2.45 bits per heavy atom. The maximum absolute atomic E-state index is 13.8. The maximum atomic E-state index is 13.8. The van der Waals surface area contributed by atoms with Crippen molar-refractivity contribution in [3.8, 4) is 0 Å². The van der Waals surface area contributed by atoms with Gasteiger partial charge in [0.25, 0.3) is 6.08 Å². The Balaban J connectivity index is 2.04. The molecule has 0 bridgehead atoms. The third kappa shape index (κ3) is 3.87. The lowest BCUT2D eigenvalue weighted by atomic mass is 9.77. The monoisotopic (exact) mass is 282 g/mol. The standard InChI is InChI=1S/C17H21F3/c1-2-3-12-4-6-13(7-5-12)14-8-9-15(11-17(19)20)16(18)10-14/h8-13H,2-7H2,1H3. The van der Waals surface area contributed by atoms with E-state index in [0.717, 1.165) is 24.3 Å². The Morgan fingerprint density at radius 1 is 1.20 bits per heavy atom. The second-order valence-electron chi connectivity index (χ2n) is 5.72. The first-order chi connectivity index (χ1) is 9.60. The summed E-state index contributed by atoms with van der Waals surface area (Å²) >= 11 is 0. The van der Waals surface area contributed by atoms with Crippen molar-refractivity contribution < 1.29 is 13.2 Å². The summed E-state index contributed by atoms with van der Waals surface area (Å²) in [6.07, 6.45) is 5.77. The van der Waals surface area contributed by atoms with Crippen LogP contribution in [-0.4, -0.2) is 0 Å². The SMILES string of the molecule is CCCC1CCC(c2ccc(C=C(F)F)c(F)c2)CC1. The van der Waals surface area contributed by atoms with Crippen LogP contribution in [0.15, 0.2) is 24.3 Å². The predicted molar refractivity (Wildman–Crippen MR) is 76.2 cm³/mol. The van der Waals surface area contributed by atoms with Crippen molar-refractivity contribution in [2.45, 2.75) is 51.4 Å². The number of hydrogen-bond donors (Lipinski definition) is 0. The molecule has 1 aliphatic rings. The van der Waals surface area contributed by atoms with E-state index < -0.39 is 11.9 Å². The molecule has 2 rings (SSSR count). The van der Waals surface area contributed by atoms with Crippen molar-refractivity contribution >= 4 is 6.08 Å². The molecule has 0 amide bonds. The minimum absolute atomic E-state index is 0.0339. The van der Waals surface area contributed by atoms with Crippen LogP contribution in [0, 0.1) is 11.7 Å². The molecule has 20 heavy (non-hydrogen) atoms. The average molecular weight is 282 g/mol. The van der Waals surface area contributed by atoms with Gasteiger partial charge in [0, 0.05) is 11.6 Å². The van der Waals surface area contributed by atoms with Gasteiger partial charge >= 0.3 is 0 Å². The zero-order chi connectivity index (χ0) is 14.5. The summed E-state index contributed by atoms with van der Waals surface area (Å²) in [4.78, 5) is 0. The summed E-state index contributed by atoms with van der Waals surface area (Å²) in [5, 5.41) is 0. The van der Waals surface area contributed by atoms with Crippen molar-refractivity contribution in [1.29, 1.82) is 0 Å². The van der Waals surface area contributed by atoms with Gasteiger partial charge in [-0.3, -0.25) is 0 Å². The third-order valence-corrected chi connectivity index (χ3v) is 4.30. The van der Waals surface area contributed by atoms with E-state index in [4.69, 9.17) is 0 Å². The number of rotatable bonds is 4. The molecule has 0 aromatic heterocycles. The second-order valence-corrected chi connectivity index (χ2v) is 5.72. The zero-order valence-corrected chi connectivity index (χ0v) is 11.8. The van der Waals surface area contributed by atoms with Gasteiger partial charge < -0.3 is 0 Å². The highest BCUT2D eigenvalue weighted by Crippen LogP contribution is 2.37. The molecule has 110 valence electrons. The number of benzene rings is 1. The highest BCUT2D eigenvalue weighted by atomic mass is 19.3. The zero-order valence-electron chi connectivity index (χ0n) is 11.8. The van der Waals surface area contributed by atoms with Gasteiger partial charge in [0.2, 0.25) is 0 Å². The fourth-order valence-electron chi connectivity index (χ4n) is 3.22. The minimum Gasteiger partial charge on any atom is -0.206 e. The van der Waals surface area contributed by atoms with Gasteiger partial charge in [0.15, 0.2) is 0 Å². The van der Waals surface area contributed by atoms with Gasteiger partial charge in [-0.2, -0.15) is 8.78 Å². The van der Waals surface area contributed by atoms with Crippen LogP contribution in [0.25, 0.3) is 6.08 Å². The van der Waals surface area contributed by atoms with Crippen molar-refractivity contribution in [3.63, 3.8) is 0 Å². The van der Waals surface area contributed by atoms with E-state index in [1.54, 1.807) is 6.07 Å². The fourth-order valence-corrected chi connectivity index (χ4v) is 3.22. The van der Waals surface area contributed by atoms with E-state index >= 15 is 0 Å². The summed E-state index contributed by atoms with van der Waals surface area (Å²) in [7, 11) is 0. The predicted octanol–water partition coefficient (Wildman–Crippen LogP) is 6.14. The van der Waals surface area contributed by atoms with Gasteiger partial charge in [-0.05, 0) is 49.1 Å². The Morgan fingerprint density at radius 2 is 1.90 bits per heavy atom. The van der Waals surface area contributed by atoms with Crippen molar-refractivity contribution in [2.75, 3.05) is 0 Å². The average Bonchev–Trinajstić information content (AvgIpc) is 2.42. The van der Waals surface area contributed by atoms with Crippen molar-refractivity contribution in [1.82, 2.24) is 0 Å². The summed E-state index contributed by atoms with van der Waals surface area (Å²) < 4.78 is 38.1.